The normalized spacial score (nSPS) is 12.2. The van der Waals surface area contributed by atoms with Gasteiger partial charge in [-0.05, 0) is 53.0 Å². The van der Waals surface area contributed by atoms with E-state index in [-0.39, 0.29) is 6.04 Å². The molecule has 1 N–H and O–H groups in total. The Morgan fingerprint density at radius 1 is 1.19 bits per heavy atom. The lowest BCUT2D eigenvalue weighted by Gasteiger charge is -2.18. The standard InChI is InChI=1S/C17H19Br2NO/c1-11-6-4-5-7-15(11)12(2)20-10-13-8-14(18)9-16(19)17(13)21-3/h4-9,12,20H,10H2,1-3H3/t12-/m0/s1. The molecule has 0 aliphatic heterocycles. The van der Waals surface area contributed by atoms with Gasteiger partial charge in [-0.3, -0.25) is 0 Å². The van der Waals surface area contributed by atoms with Crippen LogP contribution < -0.4 is 10.1 Å². The average Bonchev–Trinajstić information content (AvgIpc) is 2.44. The highest BCUT2D eigenvalue weighted by Gasteiger charge is 2.12. The summed E-state index contributed by atoms with van der Waals surface area (Å²) < 4.78 is 7.48. The van der Waals surface area contributed by atoms with Gasteiger partial charge in [0.1, 0.15) is 5.75 Å². The number of nitrogens with one attached hydrogen (secondary N) is 1. The van der Waals surface area contributed by atoms with Gasteiger partial charge in [-0.1, -0.05) is 40.2 Å². The number of hydrogen-bond acceptors (Lipinski definition) is 2. The third kappa shape index (κ3) is 4.09. The molecule has 0 aliphatic rings. The Hall–Kier alpha value is -0.840. The van der Waals surface area contributed by atoms with E-state index in [1.54, 1.807) is 7.11 Å². The number of benzene rings is 2. The first-order valence-electron chi connectivity index (χ1n) is 6.83. The fraction of sp³-hybridized carbons (Fsp3) is 0.294. The van der Waals surface area contributed by atoms with Crippen molar-refractivity contribution in [3.63, 3.8) is 0 Å². The first-order chi connectivity index (χ1) is 10.0. The second kappa shape index (κ2) is 7.43. The highest BCUT2D eigenvalue weighted by Crippen LogP contribution is 2.33. The summed E-state index contributed by atoms with van der Waals surface area (Å²) in [4.78, 5) is 0. The van der Waals surface area contributed by atoms with Crippen molar-refractivity contribution < 1.29 is 4.74 Å². The fourth-order valence-electron chi connectivity index (χ4n) is 2.42. The molecule has 2 aromatic carbocycles. The first-order valence-corrected chi connectivity index (χ1v) is 8.42. The number of aryl methyl sites for hydroxylation is 1. The van der Waals surface area contributed by atoms with E-state index in [1.807, 2.05) is 6.07 Å². The van der Waals surface area contributed by atoms with E-state index in [1.165, 1.54) is 11.1 Å². The maximum absolute atomic E-state index is 5.49. The van der Waals surface area contributed by atoms with Crippen LogP contribution in [0.25, 0.3) is 0 Å². The minimum Gasteiger partial charge on any atom is -0.495 e. The van der Waals surface area contributed by atoms with Crippen molar-refractivity contribution in [3.8, 4) is 5.75 Å². The van der Waals surface area contributed by atoms with E-state index >= 15 is 0 Å². The van der Waals surface area contributed by atoms with Gasteiger partial charge in [-0.15, -0.1) is 0 Å². The maximum Gasteiger partial charge on any atom is 0.137 e. The monoisotopic (exact) mass is 411 g/mol. The molecule has 112 valence electrons. The molecule has 2 nitrogen and oxygen atoms in total. The predicted molar refractivity (Wildman–Crippen MR) is 94.8 cm³/mol. The highest BCUT2D eigenvalue weighted by molar-refractivity contribution is 9.11. The molecule has 0 unspecified atom stereocenters. The molecule has 0 fully saturated rings. The third-order valence-electron chi connectivity index (χ3n) is 3.54. The van der Waals surface area contributed by atoms with Crippen molar-refractivity contribution in [2.45, 2.75) is 26.4 Å². The van der Waals surface area contributed by atoms with Crippen LogP contribution >= 0.6 is 31.9 Å². The van der Waals surface area contributed by atoms with Crippen molar-refractivity contribution >= 4 is 31.9 Å². The van der Waals surface area contributed by atoms with E-state index in [0.29, 0.717) is 0 Å². The van der Waals surface area contributed by atoms with Crippen LogP contribution in [0.5, 0.6) is 5.75 Å². The Morgan fingerprint density at radius 3 is 2.57 bits per heavy atom. The zero-order valence-corrected chi connectivity index (χ0v) is 15.6. The lowest BCUT2D eigenvalue weighted by molar-refractivity contribution is 0.403. The molecule has 0 aliphatic carbocycles. The van der Waals surface area contributed by atoms with Crippen LogP contribution in [0.3, 0.4) is 0 Å². The Balaban J connectivity index is 2.15. The van der Waals surface area contributed by atoms with Gasteiger partial charge in [-0.2, -0.15) is 0 Å². The van der Waals surface area contributed by atoms with Gasteiger partial charge in [0.15, 0.2) is 0 Å². The summed E-state index contributed by atoms with van der Waals surface area (Å²) in [5.41, 5.74) is 3.75. The highest BCUT2D eigenvalue weighted by atomic mass is 79.9. The molecule has 0 bridgehead atoms. The summed E-state index contributed by atoms with van der Waals surface area (Å²) in [5.74, 6) is 0.877. The van der Waals surface area contributed by atoms with Gasteiger partial charge in [0, 0.05) is 22.6 Å². The molecule has 0 radical (unpaired) electrons. The minimum atomic E-state index is 0.286. The van der Waals surface area contributed by atoms with E-state index in [0.717, 1.165) is 26.8 Å². The molecule has 0 heterocycles. The number of methoxy groups -OCH3 is 1. The minimum absolute atomic E-state index is 0.286. The van der Waals surface area contributed by atoms with Crippen LogP contribution in [0.1, 0.15) is 29.7 Å². The molecule has 0 aromatic heterocycles. The molecule has 4 heteroatoms. The summed E-state index contributed by atoms with van der Waals surface area (Å²) in [6.07, 6.45) is 0. The van der Waals surface area contributed by atoms with Crippen LogP contribution in [0.4, 0.5) is 0 Å². The van der Waals surface area contributed by atoms with Crippen LogP contribution in [-0.2, 0) is 6.54 Å². The second-order valence-electron chi connectivity index (χ2n) is 5.04. The smallest absolute Gasteiger partial charge is 0.137 e. The number of halogens is 2. The van der Waals surface area contributed by atoms with Crippen molar-refractivity contribution in [2.75, 3.05) is 7.11 Å². The molecule has 21 heavy (non-hydrogen) atoms. The molecule has 2 aromatic rings. The first kappa shape index (κ1) is 16.5. The molecular formula is C17H19Br2NO. The summed E-state index contributed by atoms with van der Waals surface area (Å²) in [6, 6.07) is 12.8. The molecule has 0 saturated carbocycles. The summed E-state index contributed by atoms with van der Waals surface area (Å²) in [7, 11) is 1.70. The number of rotatable bonds is 5. The predicted octanol–water partition coefficient (Wildman–Crippen LogP) is 5.38. The van der Waals surface area contributed by atoms with Crippen molar-refractivity contribution in [1.82, 2.24) is 5.32 Å². The lowest BCUT2D eigenvalue weighted by atomic mass is 10.0. The van der Waals surface area contributed by atoms with Crippen molar-refractivity contribution in [1.29, 1.82) is 0 Å². The van der Waals surface area contributed by atoms with Gasteiger partial charge < -0.3 is 10.1 Å². The summed E-state index contributed by atoms with van der Waals surface area (Å²) >= 11 is 7.07. The van der Waals surface area contributed by atoms with Crippen LogP contribution in [0.2, 0.25) is 0 Å². The summed E-state index contributed by atoms with van der Waals surface area (Å²) in [5, 5.41) is 3.56. The zero-order chi connectivity index (χ0) is 15.4. The molecule has 0 amide bonds. The van der Waals surface area contributed by atoms with Crippen LogP contribution in [0.15, 0.2) is 45.3 Å². The Bertz CT molecular complexity index is 628. The molecule has 1 atom stereocenters. The third-order valence-corrected chi connectivity index (χ3v) is 4.59. The van der Waals surface area contributed by atoms with E-state index in [2.05, 4.69) is 81.4 Å². The molecular weight excluding hydrogens is 394 g/mol. The lowest BCUT2D eigenvalue weighted by Crippen LogP contribution is -2.19. The fourth-order valence-corrected chi connectivity index (χ4v) is 3.89. The Kier molecular flexibility index (Phi) is 5.85. The van der Waals surface area contributed by atoms with Gasteiger partial charge in [-0.25, -0.2) is 0 Å². The van der Waals surface area contributed by atoms with Crippen molar-refractivity contribution in [2.24, 2.45) is 0 Å². The van der Waals surface area contributed by atoms with E-state index in [4.69, 9.17) is 4.74 Å². The number of hydrogen-bond donors (Lipinski definition) is 1. The largest absolute Gasteiger partial charge is 0.495 e. The number of ether oxygens (including phenoxy) is 1. The van der Waals surface area contributed by atoms with Gasteiger partial charge in [0.05, 0.1) is 11.6 Å². The van der Waals surface area contributed by atoms with Crippen molar-refractivity contribution in [3.05, 3.63) is 62.0 Å². The molecule has 0 spiro atoms. The Labute approximate surface area is 143 Å². The van der Waals surface area contributed by atoms with Gasteiger partial charge in [0.2, 0.25) is 0 Å². The van der Waals surface area contributed by atoms with E-state index < -0.39 is 0 Å². The topological polar surface area (TPSA) is 21.3 Å². The summed E-state index contributed by atoms with van der Waals surface area (Å²) in [6.45, 7) is 5.07. The maximum atomic E-state index is 5.49. The second-order valence-corrected chi connectivity index (χ2v) is 6.81. The quantitative estimate of drug-likeness (QED) is 0.711. The van der Waals surface area contributed by atoms with Gasteiger partial charge in [0.25, 0.3) is 0 Å². The van der Waals surface area contributed by atoms with E-state index in [9.17, 15) is 0 Å². The van der Waals surface area contributed by atoms with Crippen LogP contribution in [-0.4, -0.2) is 7.11 Å². The molecule has 0 saturated heterocycles. The SMILES string of the molecule is COc1c(Br)cc(Br)cc1CN[C@@H](C)c1ccccc1C. The van der Waals surface area contributed by atoms with Gasteiger partial charge >= 0.3 is 0 Å². The Morgan fingerprint density at radius 2 is 1.90 bits per heavy atom. The molecule has 2 rings (SSSR count). The average molecular weight is 413 g/mol. The van der Waals surface area contributed by atoms with Crippen LogP contribution in [0, 0.1) is 6.92 Å². The zero-order valence-electron chi connectivity index (χ0n) is 12.4.